The van der Waals surface area contributed by atoms with Gasteiger partial charge in [-0.1, -0.05) is 6.07 Å². The van der Waals surface area contributed by atoms with Gasteiger partial charge in [0.05, 0.1) is 17.0 Å². The molecule has 0 saturated carbocycles. The lowest BCUT2D eigenvalue weighted by Gasteiger charge is -2.08. The van der Waals surface area contributed by atoms with Gasteiger partial charge in [0.1, 0.15) is 24.7 Å². The highest BCUT2D eigenvalue weighted by atomic mass is 19.1. The molecule has 2 aromatic carbocycles. The number of benzene rings is 2. The van der Waals surface area contributed by atoms with Gasteiger partial charge in [-0.3, -0.25) is 19.5 Å². The molecule has 0 spiro atoms. The van der Waals surface area contributed by atoms with E-state index in [0.29, 0.717) is 5.75 Å². The highest BCUT2D eigenvalue weighted by Crippen LogP contribution is 2.20. The fraction of sp³-hybridized carbons (Fsp3) is 0.176. The van der Waals surface area contributed by atoms with Crippen LogP contribution in [-0.4, -0.2) is 28.5 Å². The van der Waals surface area contributed by atoms with Crippen LogP contribution in [0.5, 0.6) is 5.75 Å². The van der Waals surface area contributed by atoms with E-state index in [2.05, 4.69) is 5.32 Å². The predicted octanol–water partition coefficient (Wildman–Crippen LogP) is 1.84. The fourth-order valence-corrected chi connectivity index (χ4v) is 2.43. The van der Waals surface area contributed by atoms with Gasteiger partial charge in [0.15, 0.2) is 5.58 Å². The van der Waals surface area contributed by atoms with Crippen molar-refractivity contribution in [2.24, 2.45) is 0 Å². The van der Waals surface area contributed by atoms with Crippen LogP contribution in [0.4, 0.5) is 10.1 Å². The van der Waals surface area contributed by atoms with Crippen molar-refractivity contribution in [2.75, 3.05) is 13.2 Å². The minimum Gasteiger partial charge on any atom is -0.492 e. The average molecular weight is 375 g/mol. The van der Waals surface area contributed by atoms with Gasteiger partial charge >= 0.3 is 5.76 Å². The first-order valence-electron chi connectivity index (χ1n) is 7.87. The molecule has 0 unspecified atom stereocenters. The van der Waals surface area contributed by atoms with Crippen LogP contribution in [0.1, 0.15) is 0 Å². The van der Waals surface area contributed by atoms with Gasteiger partial charge in [-0.15, -0.1) is 0 Å². The van der Waals surface area contributed by atoms with Crippen LogP contribution in [0.2, 0.25) is 0 Å². The molecule has 3 aromatic rings. The van der Waals surface area contributed by atoms with Crippen molar-refractivity contribution in [2.45, 2.75) is 6.54 Å². The van der Waals surface area contributed by atoms with Crippen molar-refractivity contribution >= 4 is 22.7 Å². The number of nitro benzene ring substituents is 1. The van der Waals surface area contributed by atoms with Crippen LogP contribution in [0.15, 0.2) is 51.7 Å². The van der Waals surface area contributed by atoms with E-state index in [1.165, 1.54) is 36.4 Å². The zero-order valence-electron chi connectivity index (χ0n) is 13.9. The van der Waals surface area contributed by atoms with Crippen LogP contribution in [0.3, 0.4) is 0 Å². The molecule has 10 heteroatoms. The van der Waals surface area contributed by atoms with Gasteiger partial charge in [0.25, 0.3) is 5.69 Å². The number of amides is 1. The van der Waals surface area contributed by atoms with Crippen molar-refractivity contribution in [3.63, 3.8) is 0 Å². The summed E-state index contributed by atoms with van der Waals surface area (Å²) in [5.41, 5.74) is 0.0779. The lowest BCUT2D eigenvalue weighted by Crippen LogP contribution is -2.33. The van der Waals surface area contributed by atoms with Gasteiger partial charge in [0.2, 0.25) is 5.91 Å². The topological polar surface area (TPSA) is 117 Å². The second-order valence-corrected chi connectivity index (χ2v) is 5.52. The second kappa shape index (κ2) is 7.68. The van der Waals surface area contributed by atoms with Gasteiger partial charge in [0, 0.05) is 18.2 Å². The van der Waals surface area contributed by atoms with Crippen LogP contribution >= 0.6 is 0 Å². The van der Waals surface area contributed by atoms with Crippen molar-refractivity contribution < 1.29 is 23.3 Å². The molecular formula is C17H14FN3O6. The molecule has 0 radical (unpaired) electrons. The van der Waals surface area contributed by atoms with Crippen LogP contribution in [0, 0.1) is 15.9 Å². The lowest BCUT2D eigenvalue weighted by atomic mass is 10.3. The Labute approximate surface area is 151 Å². The number of rotatable bonds is 7. The molecule has 1 N–H and O–H groups in total. The standard InChI is InChI=1S/C17H14FN3O6/c18-11-2-1-3-13(8-11)26-7-6-19-16(22)10-20-14-9-12(21(24)25)4-5-15(14)27-17(20)23/h1-5,8-9H,6-7,10H2,(H,19,22). The van der Waals surface area contributed by atoms with Crippen LogP contribution < -0.4 is 15.8 Å². The maximum absolute atomic E-state index is 13.0. The summed E-state index contributed by atoms with van der Waals surface area (Å²) in [4.78, 5) is 34.2. The summed E-state index contributed by atoms with van der Waals surface area (Å²) >= 11 is 0. The Bertz CT molecular complexity index is 1060. The molecule has 1 aromatic heterocycles. The summed E-state index contributed by atoms with van der Waals surface area (Å²) in [5.74, 6) is -1.41. The Hall–Kier alpha value is -3.69. The van der Waals surface area contributed by atoms with E-state index < -0.39 is 22.4 Å². The first-order valence-corrected chi connectivity index (χ1v) is 7.87. The Balaban J connectivity index is 1.60. The third kappa shape index (κ3) is 4.29. The molecule has 9 nitrogen and oxygen atoms in total. The summed E-state index contributed by atoms with van der Waals surface area (Å²) in [6.07, 6.45) is 0. The summed E-state index contributed by atoms with van der Waals surface area (Å²) < 4.78 is 24.3. The Morgan fingerprint density at radius 1 is 1.30 bits per heavy atom. The number of nitrogens with one attached hydrogen (secondary N) is 1. The first-order chi connectivity index (χ1) is 12.9. The van der Waals surface area contributed by atoms with E-state index in [9.17, 15) is 24.1 Å². The molecule has 0 atom stereocenters. The number of carbonyl (C=O) groups excluding carboxylic acids is 1. The van der Waals surface area contributed by atoms with Crippen molar-refractivity contribution in [3.8, 4) is 5.75 Å². The van der Waals surface area contributed by atoms with Gasteiger partial charge < -0.3 is 14.5 Å². The van der Waals surface area contributed by atoms with E-state index in [-0.39, 0.29) is 36.5 Å². The summed E-state index contributed by atoms with van der Waals surface area (Å²) in [7, 11) is 0. The zero-order chi connectivity index (χ0) is 19.4. The largest absolute Gasteiger partial charge is 0.492 e. The van der Waals surface area contributed by atoms with Gasteiger partial charge in [-0.2, -0.15) is 0 Å². The number of nitro groups is 1. The lowest BCUT2D eigenvalue weighted by molar-refractivity contribution is -0.384. The van der Waals surface area contributed by atoms with Gasteiger partial charge in [-0.05, 0) is 18.2 Å². The minimum absolute atomic E-state index is 0.0989. The zero-order valence-corrected chi connectivity index (χ0v) is 13.9. The molecule has 140 valence electrons. The predicted molar refractivity (Wildman–Crippen MR) is 92.0 cm³/mol. The fourth-order valence-electron chi connectivity index (χ4n) is 2.43. The second-order valence-electron chi connectivity index (χ2n) is 5.52. The molecule has 1 heterocycles. The van der Waals surface area contributed by atoms with E-state index in [4.69, 9.17) is 9.15 Å². The summed E-state index contributed by atoms with van der Waals surface area (Å²) in [5, 5.41) is 13.4. The molecule has 3 rings (SSSR count). The SMILES string of the molecule is O=C(Cn1c(=O)oc2ccc([N+](=O)[O-])cc21)NCCOc1cccc(F)c1. The number of halogens is 1. The third-order valence-electron chi connectivity index (χ3n) is 3.65. The van der Waals surface area contributed by atoms with E-state index >= 15 is 0 Å². The summed E-state index contributed by atoms with van der Waals surface area (Å²) in [6.45, 7) is -0.144. The van der Waals surface area contributed by atoms with E-state index in [0.717, 1.165) is 4.57 Å². The van der Waals surface area contributed by atoms with Crippen molar-refractivity contribution in [1.82, 2.24) is 9.88 Å². The quantitative estimate of drug-likeness (QED) is 0.383. The number of hydrogen-bond acceptors (Lipinski definition) is 6. The average Bonchev–Trinajstić information content (AvgIpc) is 2.93. The maximum atomic E-state index is 13.0. The number of ether oxygens (including phenoxy) is 1. The van der Waals surface area contributed by atoms with Crippen molar-refractivity contribution in [3.05, 3.63) is 68.9 Å². The number of oxazole rings is 1. The molecule has 0 saturated heterocycles. The third-order valence-corrected chi connectivity index (χ3v) is 3.65. The normalized spacial score (nSPS) is 10.7. The van der Waals surface area contributed by atoms with Crippen LogP contribution in [-0.2, 0) is 11.3 Å². The molecule has 0 aliphatic heterocycles. The monoisotopic (exact) mass is 375 g/mol. The van der Waals surface area contributed by atoms with Crippen molar-refractivity contribution in [1.29, 1.82) is 0 Å². The molecular weight excluding hydrogens is 361 g/mol. The Kier molecular flexibility index (Phi) is 5.15. The van der Waals surface area contributed by atoms with Gasteiger partial charge in [-0.25, -0.2) is 9.18 Å². The molecule has 0 aliphatic rings. The number of non-ortho nitro benzene ring substituents is 1. The molecule has 0 aliphatic carbocycles. The highest BCUT2D eigenvalue weighted by Gasteiger charge is 2.16. The van der Waals surface area contributed by atoms with E-state index in [1.807, 2.05) is 0 Å². The minimum atomic E-state index is -0.795. The first kappa shape index (κ1) is 18.1. The highest BCUT2D eigenvalue weighted by molar-refractivity contribution is 5.80. The number of fused-ring (bicyclic) bond motifs is 1. The van der Waals surface area contributed by atoms with E-state index in [1.54, 1.807) is 6.07 Å². The number of aromatic nitrogens is 1. The Morgan fingerprint density at radius 2 is 2.11 bits per heavy atom. The smallest absolute Gasteiger partial charge is 0.420 e. The molecule has 0 bridgehead atoms. The number of carbonyl (C=O) groups is 1. The van der Waals surface area contributed by atoms with Crippen LogP contribution in [0.25, 0.3) is 11.1 Å². The number of hydrogen-bond donors (Lipinski definition) is 1. The number of nitrogens with zero attached hydrogens (tertiary/aromatic N) is 2. The Morgan fingerprint density at radius 3 is 2.85 bits per heavy atom. The molecule has 1 amide bonds. The molecule has 0 fully saturated rings. The summed E-state index contributed by atoms with van der Waals surface area (Å²) in [6, 6.07) is 9.25. The maximum Gasteiger partial charge on any atom is 0.420 e. The molecule has 27 heavy (non-hydrogen) atoms.